The molecule has 1 aliphatic heterocycles. The zero-order valence-electron chi connectivity index (χ0n) is 12.2. The molecule has 1 aliphatic carbocycles. The maximum atomic E-state index is 6.18. The number of rotatable bonds is 4. The maximum absolute atomic E-state index is 6.18. The minimum atomic E-state index is 0.279. The summed E-state index contributed by atoms with van der Waals surface area (Å²) in [5, 5.41) is 0. The molecule has 2 N–H and O–H groups in total. The average molecular weight is 254 g/mol. The number of hydrogen-bond acceptors (Lipinski definition) is 3. The van der Waals surface area contributed by atoms with Crippen molar-refractivity contribution in [2.45, 2.75) is 51.5 Å². The molecular weight excluding hydrogens is 224 g/mol. The average Bonchev–Trinajstić information content (AvgIpc) is 2.39. The van der Waals surface area contributed by atoms with Gasteiger partial charge in [0.05, 0.1) is 13.2 Å². The van der Waals surface area contributed by atoms with Crippen molar-refractivity contribution < 1.29 is 4.74 Å². The number of nitrogens with two attached hydrogens (primary N) is 1. The molecule has 2 fully saturated rings. The molecule has 106 valence electrons. The Balaban J connectivity index is 2.00. The van der Waals surface area contributed by atoms with Crippen LogP contribution in [0.5, 0.6) is 0 Å². The summed E-state index contributed by atoms with van der Waals surface area (Å²) < 4.78 is 5.49. The zero-order chi connectivity index (χ0) is 13.0. The quantitative estimate of drug-likeness (QED) is 0.836. The summed E-state index contributed by atoms with van der Waals surface area (Å²) >= 11 is 0. The van der Waals surface area contributed by atoms with Gasteiger partial charge in [0.2, 0.25) is 0 Å². The normalized spacial score (nSPS) is 35.0. The molecule has 0 radical (unpaired) electrons. The molecule has 0 bridgehead atoms. The van der Waals surface area contributed by atoms with Crippen molar-refractivity contribution in [3.63, 3.8) is 0 Å². The van der Waals surface area contributed by atoms with Crippen molar-refractivity contribution in [3.8, 4) is 0 Å². The van der Waals surface area contributed by atoms with Gasteiger partial charge in [0, 0.05) is 25.2 Å². The van der Waals surface area contributed by atoms with Gasteiger partial charge in [-0.05, 0) is 31.1 Å². The van der Waals surface area contributed by atoms with Crippen molar-refractivity contribution in [3.05, 3.63) is 0 Å². The number of ether oxygens (including phenoxy) is 1. The first-order valence-electron chi connectivity index (χ1n) is 7.69. The Morgan fingerprint density at radius 1 is 1.33 bits per heavy atom. The Kier molecular flexibility index (Phi) is 5.05. The van der Waals surface area contributed by atoms with Gasteiger partial charge in [-0.2, -0.15) is 0 Å². The summed E-state index contributed by atoms with van der Waals surface area (Å²) in [4.78, 5) is 2.63. The summed E-state index contributed by atoms with van der Waals surface area (Å²) in [6, 6.07) is 0. The molecule has 1 saturated heterocycles. The van der Waals surface area contributed by atoms with Gasteiger partial charge in [0.15, 0.2) is 0 Å². The van der Waals surface area contributed by atoms with Crippen LogP contribution in [0.2, 0.25) is 0 Å². The Hall–Kier alpha value is -0.120. The fourth-order valence-corrected chi connectivity index (χ4v) is 3.97. The van der Waals surface area contributed by atoms with Crippen molar-refractivity contribution in [1.29, 1.82) is 0 Å². The smallest absolute Gasteiger partial charge is 0.0594 e. The number of nitrogens with zero attached hydrogens (tertiary/aromatic N) is 1. The van der Waals surface area contributed by atoms with E-state index in [-0.39, 0.29) is 5.54 Å². The molecular formula is C15H30N2O. The van der Waals surface area contributed by atoms with Gasteiger partial charge in [0.1, 0.15) is 0 Å². The maximum Gasteiger partial charge on any atom is 0.0594 e. The summed E-state index contributed by atoms with van der Waals surface area (Å²) in [7, 11) is 0. The van der Waals surface area contributed by atoms with Crippen LogP contribution in [0.25, 0.3) is 0 Å². The van der Waals surface area contributed by atoms with E-state index in [2.05, 4.69) is 18.7 Å². The van der Waals surface area contributed by atoms with E-state index in [1.54, 1.807) is 0 Å². The van der Waals surface area contributed by atoms with Gasteiger partial charge < -0.3 is 10.5 Å². The van der Waals surface area contributed by atoms with Crippen LogP contribution in [0.3, 0.4) is 0 Å². The third-order valence-corrected chi connectivity index (χ3v) is 4.79. The lowest BCUT2D eigenvalue weighted by atomic mass is 9.72. The second-order valence-corrected chi connectivity index (χ2v) is 6.62. The molecule has 18 heavy (non-hydrogen) atoms. The van der Waals surface area contributed by atoms with E-state index < -0.39 is 0 Å². The van der Waals surface area contributed by atoms with Crippen molar-refractivity contribution in [1.82, 2.24) is 4.90 Å². The van der Waals surface area contributed by atoms with Crippen LogP contribution in [0.4, 0.5) is 0 Å². The molecule has 2 rings (SSSR count). The first kappa shape index (κ1) is 14.3. The zero-order valence-corrected chi connectivity index (χ0v) is 12.2. The van der Waals surface area contributed by atoms with Crippen molar-refractivity contribution >= 4 is 0 Å². The highest BCUT2D eigenvalue weighted by Gasteiger charge is 2.40. The predicted molar refractivity (Wildman–Crippen MR) is 75.6 cm³/mol. The van der Waals surface area contributed by atoms with Gasteiger partial charge in [0.25, 0.3) is 0 Å². The fourth-order valence-electron chi connectivity index (χ4n) is 3.97. The Bertz CT molecular complexity index is 251. The fraction of sp³-hybridized carbons (Fsp3) is 1.00. The molecule has 0 aromatic rings. The lowest BCUT2D eigenvalue weighted by Gasteiger charge is -2.49. The molecule has 2 aliphatic rings. The lowest BCUT2D eigenvalue weighted by molar-refractivity contribution is -0.0435. The standard InChI is InChI=1S/C15H30N2O/c1-13(2)10-14-4-3-5-15(11-14,12-16)17-6-8-18-9-7-17/h13-14H,3-12,16H2,1-2H3. The van der Waals surface area contributed by atoms with Gasteiger partial charge in [-0.1, -0.05) is 26.7 Å². The Morgan fingerprint density at radius 2 is 2.06 bits per heavy atom. The van der Waals surface area contributed by atoms with E-state index in [4.69, 9.17) is 10.5 Å². The van der Waals surface area contributed by atoms with E-state index in [1.165, 1.54) is 32.1 Å². The van der Waals surface area contributed by atoms with Gasteiger partial charge in [-0.25, -0.2) is 0 Å². The lowest BCUT2D eigenvalue weighted by Crippen LogP contribution is -2.59. The van der Waals surface area contributed by atoms with Gasteiger partial charge in [-0.3, -0.25) is 4.90 Å². The van der Waals surface area contributed by atoms with E-state index in [1.807, 2.05) is 0 Å². The van der Waals surface area contributed by atoms with E-state index in [0.29, 0.717) is 0 Å². The highest BCUT2D eigenvalue weighted by molar-refractivity contribution is 4.97. The Morgan fingerprint density at radius 3 is 2.67 bits per heavy atom. The number of hydrogen-bond donors (Lipinski definition) is 1. The monoisotopic (exact) mass is 254 g/mol. The predicted octanol–water partition coefficient (Wildman–Crippen LogP) is 2.25. The largest absolute Gasteiger partial charge is 0.379 e. The summed E-state index contributed by atoms with van der Waals surface area (Å²) in [5.41, 5.74) is 6.46. The highest BCUT2D eigenvalue weighted by atomic mass is 16.5. The minimum absolute atomic E-state index is 0.279. The second kappa shape index (κ2) is 6.36. The molecule has 3 heteroatoms. The number of morpholine rings is 1. The molecule has 0 amide bonds. The summed E-state index contributed by atoms with van der Waals surface area (Å²) in [5.74, 6) is 1.69. The molecule has 1 heterocycles. The minimum Gasteiger partial charge on any atom is -0.379 e. The molecule has 3 nitrogen and oxygen atoms in total. The van der Waals surface area contributed by atoms with E-state index in [0.717, 1.165) is 44.7 Å². The first-order valence-corrected chi connectivity index (χ1v) is 7.69. The molecule has 0 aromatic carbocycles. The molecule has 2 unspecified atom stereocenters. The van der Waals surface area contributed by atoms with E-state index >= 15 is 0 Å². The van der Waals surface area contributed by atoms with Crippen LogP contribution in [0.1, 0.15) is 46.0 Å². The Labute approximate surface area is 112 Å². The van der Waals surface area contributed by atoms with Crippen LogP contribution in [-0.4, -0.2) is 43.3 Å². The third kappa shape index (κ3) is 3.25. The van der Waals surface area contributed by atoms with Crippen LogP contribution >= 0.6 is 0 Å². The summed E-state index contributed by atoms with van der Waals surface area (Å²) in [6.07, 6.45) is 6.72. The summed E-state index contributed by atoms with van der Waals surface area (Å²) in [6.45, 7) is 9.42. The van der Waals surface area contributed by atoms with E-state index in [9.17, 15) is 0 Å². The first-order chi connectivity index (χ1) is 8.66. The molecule has 0 spiro atoms. The van der Waals surface area contributed by atoms with Crippen molar-refractivity contribution in [2.24, 2.45) is 17.6 Å². The highest BCUT2D eigenvalue weighted by Crippen LogP contribution is 2.39. The third-order valence-electron chi connectivity index (χ3n) is 4.79. The van der Waals surface area contributed by atoms with Crippen LogP contribution in [0.15, 0.2) is 0 Å². The topological polar surface area (TPSA) is 38.5 Å². The second-order valence-electron chi connectivity index (χ2n) is 6.62. The van der Waals surface area contributed by atoms with Crippen LogP contribution in [0, 0.1) is 11.8 Å². The SMILES string of the molecule is CC(C)CC1CCCC(CN)(N2CCOCC2)C1. The van der Waals surface area contributed by atoms with Gasteiger partial charge >= 0.3 is 0 Å². The molecule has 2 atom stereocenters. The molecule has 1 saturated carbocycles. The van der Waals surface area contributed by atoms with Crippen molar-refractivity contribution in [2.75, 3.05) is 32.8 Å². The molecule has 0 aromatic heterocycles. The van der Waals surface area contributed by atoms with Crippen LogP contribution in [-0.2, 0) is 4.74 Å². The van der Waals surface area contributed by atoms with Crippen LogP contribution < -0.4 is 5.73 Å². The van der Waals surface area contributed by atoms with Gasteiger partial charge in [-0.15, -0.1) is 0 Å².